The Bertz CT molecular complexity index is 811. The Morgan fingerprint density at radius 1 is 1.09 bits per heavy atom. The third kappa shape index (κ3) is 3.38. The topological polar surface area (TPSA) is 46.9 Å². The number of rotatable bonds is 4. The van der Waals surface area contributed by atoms with Crippen molar-refractivity contribution in [3.8, 4) is 5.69 Å². The highest BCUT2D eigenvalue weighted by Gasteiger charge is 2.14. The highest BCUT2D eigenvalue weighted by Crippen LogP contribution is 2.24. The van der Waals surface area contributed by atoms with Crippen molar-refractivity contribution in [2.45, 2.75) is 6.54 Å². The van der Waals surface area contributed by atoms with E-state index < -0.39 is 0 Å². The lowest BCUT2D eigenvalue weighted by Crippen LogP contribution is -2.24. The average Bonchev–Trinajstić information content (AvgIpc) is 3.07. The summed E-state index contributed by atoms with van der Waals surface area (Å²) in [5.41, 5.74) is 2.20. The Kier molecular flexibility index (Phi) is 4.65. The van der Waals surface area contributed by atoms with Crippen molar-refractivity contribution < 1.29 is 4.79 Å². The van der Waals surface area contributed by atoms with Crippen molar-refractivity contribution in [2.24, 2.45) is 0 Å². The molecule has 3 rings (SSSR count). The quantitative estimate of drug-likeness (QED) is 0.773. The number of hydrogen-bond donors (Lipinski definition) is 1. The third-order valence-corrected chi connectivity index (χ3v) is 4.03. The molecule has 0 aliphatic heterocycles. The molecule has 3 aromatic rings. The van der Waals surface area contributed by atoms with Gasteiger partial charge in [0.05, 0.1) is 27.6 Å². The lowest BCUT2D eigenvalue weighted by molar-refractivity contribution is 0.0951. The molecule has 0 saturated carbocycles. The second-order valence-corrected chi connectivity index (χ2v) is 5.69. The largest absolute Gasteiger partial charge is 0.348 e. The van der Waals surface area contributed by atoms with E-state index in [-0.39, 0.29) is 11.5 Å². The van der Waals surface area contributed by atoms with Gasteiger partial charge in [0.2, 0.25) is 0 Å². The van der Waals surface area contributed by atoms with Gasteiger partial charge in [-0.1, -0.05) is 47.5 Å². The van der Waals surface area contributed by atoms with E-state index in [1.54, 1.807) is 30.7 Å². The molecule has 0 radical (unpaired) electrons. The number of imidazole rings is 1. The minimum atomic E-state index is -0.305. The SMILES string of the molecule is O=C(NCc1ccccc1-n1ccnc1)c1c(Cl)cccc1Cl. The zero-order valence-electron chi connectivity index (χ0n) is 12.0. The summed E-state index contributed by atoms with van der Waals surface area (Å²) in [6, 6.07) is 12.8. The molecular formula is C17H13Cl2N3O. The van der Waals surface area contributed by atoms with Crippen LogP contribution < -0.4 is 5.32 Å². The fourth-order valence-corrected chi connectivity index (χ4v) is 2.86. The second-order valence-electron chi connectivity index (χ2n) is 4.88. The Morgan fingerprint density at radius 3 is 2.52 bits per heavy atom. The Balaban J connectivity index is 1.81. The number of nitrogens with one attached hydrogen (secondary N) is 1. The number of nitrogens with zero attached hydrogens (tertiary/aromatic N) is 2. The first kappa shape index (κ1) is 15.6. The van der Waals surface area contributed by atoms with Gasteiger partial charge < -0.3 is 9.88 Å². The molecule has 0 unspecified atom stereocenters. The zero-order valence-corrected chi connectivity index (χ0v) is 13.6. The van der Waals surface area contributed by atoms with Crippen LogP contribution in [0.1, 0.15) is 15.9 Å². The summed E-state index contributed by atoms with van der Waals surface area (Å²) in [7, 11) is 0. The maximum atomic E-state index is 12.4. The van der Waals surface area contributed by atoms with Crippen molar-refractivity contribution in [1.29, 1.82) is 0 Å². The van der Waals surface area contributed by atoms with Crippen molar-refractivity contribution >= 4 is 29.1 Å². The molecule has 1 N–H and O–H groups in total. The standard InChI is InChI=1S/C17H13Cl2N3O/c18-13-5-3-6-14(19)16(13)17(23)21-10-12-4-1-2-7-15(12)22-9-8-20-11-22/h1-9,11H,10H2,(H,21,23). The van der Waals surface area contributed by atoms with E-state index in [0.29, 0.717) is 16.6 Å². The van der Waals surface area contributed by atoms with E-state index in [4.69, 9.17) is 23.2 Å². The molecule has 23 heavy (non-hydrogen) atoms. The fraction of sp³-hybridized carbons (Fsp3) is 0.0588. The Morgan fingerprint density at radius 2 is 1.83 bits per heavy atom. The van der Waals surface area contributed by atoms with Crippen LogP contribution in [-0.4, -0.2) is 15.5 Å². The minimum Gasteiger partial charge on any atom is -0.348 e. The molecule has 1 aromatic heterocycles. The number of halogens is 2. The molecule has 0 fully saturated rings. The summed E-state index contributed by atoms with van der Waals surface area (Å²) in [5.74, 6) is -0.305. The number of benzene rings is 2. The van der Waals surface area contributed by atoms with E-state index in [9.17, 15) is 4.79 Å². The predicted octanol–water partition coefficient (Wildman–Crippen LogP) is 4.11. The molecular weight excluding hydrogens is 333 g/mol. The van der Waals surface area contributed by atoms with Gasteiger partial charge in [-0.3, -0.25) is 4.79 Å². The number of amides is 1. The van der Waals surface area contributed by atoms with Gasteiger partial charge in [-0.05, 0) is 23.8 Å². The second kappa shape index (κ2) is 6.86. The number of aromatic nitrogens is 2. The minimum absolute atomic E-state index is 0.288. The van der Waals surface area contributed by atoms with Crippen LogP contribution in [0.25, 0.3) is 5.69 Å². The first-order chi connectivity index (χ1) is 11.2. The van der Waals surface area contributed by atoms with Crippen LogP contribution in [0, 0.1) is 0 Å². The van der Waals surface area contributed by atoms with Crippen LogP contribution in [0.4, 0.5) is 0 Å². The van der Waals surface area contributed by atoms with Gasteiger partial charge in [-0.2, -0.15) is 0 Å². The smallest absolute Gasteiger partial charge is 0.254 e. The lowest BCUT2D eigenvalue weighted by atomic mass is 10.1. The number of carbonyl (C=O) groups is 1. The van der Waals surface area contributed by atoms with Crippen LogP contribution in [0.3, 0.4) is 0 Å². The molecule has 4 nitrogen and oxygen atoms in total. The van der Waals surface area contributed by atoms with Crippen LogP contribution in [0.2, 0.25) is 10.0 Å². The lowest BCUT2D eigenvalue weighted by Gasteiger charge is -2.12. The molecule has 1 heterocycles. The van der Waals surface area contributed by atoms with Gasteiger partial charge >= 0.3 is 0 Å². The third-order valence-electron chi connectivity index (χ3n) is 3.40. The molecule has 116 valence electrons. The van der Waals surface area contributed by atoms with E-state index in [1.165, 1.54) is 0 Å². The molecule has 0 atom stereocenters. The van der Waals surface area contributed by atoms with E-state index in [1.807, 2.05) is 35.0 Å². The summed E-state index contributed by atoms with van der Waals surface area (Å²) < 4.78 is 1.89. The molecule has 0 saturated heterocycles. The zero-order chi connectivity index (χ0) is 16.2. The van der Waals surface area contributed by atoms with Gasteiger partial charge in [-0.15, -0.1) is 0 Å². The molecule has 0 aliphatic rings. The average molecular weight is 346 g/mol. The summed E-state index contributed by atoms with van der Waals surface area (Å²) in [6.45, 7) is 0.356. The van der Waals surface area contributed by atoms with E-state index in [2.05, 4.69) is 10.3 Å². The molecule has 1 amide bonds. The van der Waals surface area contributed by atoms with Crippen molar-refractivity contribution in [2.75, 3.05) is 0 Å². The van der Waals surface area contributed by atoms with Crippen LogP contribution in [0.15, 0.2) is 61.2 Å². The van der Waals surface area contributed by atoms with Crippen LogP contribution in [-0.2, 0) is 6.54 Å². The maximum absolute atomic E-state index is 12.4. The van der Waals surface area contributed by atoms with E-state index in [0.717, 1.165) is 11.3 Å². The van der Waals surface area contributed by atoms with Crippen molar-refractivity contribution in [3.05, 3.63) is 82.4 Å². The summed E-state index contributed by atoms with van der Waals surface area (Å²) in [5, 5.41) is 3.52. The highest BCUT2D eigenvalue weighted by molar-refractivity contribution is 6.39. The normalized spacial score (nSPS) is 10.5. The summed E-state index contributed by atoms with van der Waals surface area (Å²) in [4.78, 5) is 16.4. The summed E-state index contributed by atoms with van der Waals surface area (Å²) in [6.07, 6.45) is 5.27. The fourth-order valence-electron chi connectivity index (χ4n) is 2.29. The maximum Gasteiger partial charge on any atom is 0.254 e. The molecule has 0 bridgehead atoms. The van der Waals surface area contributed by atoms with Gasteiger partial charge in [0.25, 0.3) is 5.91 Å². The van der Waals surface area contributed by atoms with Gasteiger partial charge in [0.1, 0.15) is 0 Å². The monoisotopic (exact) mass is 345 g/mol. The summed E-state index contributed by atoms with van der Waals surface area (Å²) >= 11 is 12.1. The molecule has 2 aromatic carbocycles. The van der Waals surface area contributed by atoms with Crippen LogP contribution in [0.5, 0.6) is 0 Å². The molecule has 0 aliphatic carbocycles. The van der Waals surface area contributed by atoms with Crippen molar-refractivity contribution in [1.82, 2.24) is 14.9 Å². The predicted molar refractivity (Wildman–Crippen MR) is 91.2 cm³/mol. The number of carbonyl (C=O) groups excluding carboxylic acids is 1. The molecule has 0 spiro atoms. The highest BCUT2D eigenvalue weighted by atomic mass is 35.5. The van der Waals surface area contributed by atoms with Crippen molar-refractivity contribution in [3.63, 3.8) is 0 Å². The Labute approximate surface area is 143 Å². The first-order valence-corrected chi connectivity index (χ1v) is 7.71. The van der Waals surface area contributed by atoms with Gasteiger partial charge in [0, 0.05) is 18.9 Å². The van der Waals surface area contributed by atoms with E-state index >= 15 is 0 Å². The molecule has 6 heteroatoms. The number of hydrogen-bond acceptors (Lipinski definition) is 2. The number of para-hydroxylation sites is 1. The van der Waals surface area contributed by atoms with Gasteiger partial charge in [0.15, 0.2) is 0 Å². The van der Waals surface area contributed by atoms with Crippen LogP contribution >= 0.6 is 23.2 Å². The van der Waals surface area contributed by atoms with Gasteiger partial charge in [-0.25, -0.2) is 4.98 Å². The Hall–Kier alpha value is -2.30. The first-order valence-electron chi connectivity index (χ1n) is 6.95.